The zero-order valence-corrected chi connectivity index (χ0v) is 28.3. The lowest BCUT2D eigenvalue weighted by Crippen LogP contribution is -2.80. The van der Waals surface area contributed by atoms with Crippen molar-refractivity contribution in [1.29, 1.82) is 0 Å². The molecule has 13 atom stereocenters. The van der Waals surface area contributed by atoms with Gasteiger partial charge in [-0.1, -0.05) is 20.4 Å². The first-order valence-corrected chi connectivity index (χ1v) is 17.8. The Morgan fingerprint density at radius 1 is 1.09 bits per heavy atom. The van der Waals surface area contributed by atoms with Crippen LogP contribution in [0.5, 0.6) is 0 Å². The highest BCUT2D eigenvalue weighted by Gasteiger charge is 2.58. The fraction of sp³-hybridized carbons (Fsp3) is 0.853. The lowest BCUT2D eigenvalue weighted by Gasteiger charge is -2.60. The number of nitrogens with zero attached hydrogens (tertiary/aromatic N) is 3. The number of urea groups is 1. The number of hydrogen-bond donors (Lipinski definition) is 3. The van der Waals surface area contributed by atoms with E-state index in [9.17, 15) is 14.4 Å². The van der Waals surface area contributed by atoms with Gasteiger partial charge in [-0.05, 0) is 57.6 Å². The Hall–Kier alpha value is -2.35. The number of halogens is 2. The number of alkyl halides is 2. The van der Waals surface area contributed by atoms with Gasteiger partial charge in [0.1, 0.15) is 18.4 Å². The van der Waals surface area contributed by atoms with Crippen LogP contribution in [-0.2, 0) is 19.1 Å². The van der Waals surface area contributed by atoms with Crippen LogP contribution in [0, 0.1) is 23.7 Å². The zero-order valence-electron chi connectivity index (χ0n) is 28.3. The van der Waals surface area contributed by atoms with Gasteiger partial charge in [-0.15, -0.1) is 0 Å². The van der Waals surface area contributed by atoms with Crippen LogP contribution in [0.1, 0.15) is 66.2 Å². The van der Waals surface area contributed by atoms with Crippen LogP contribution in [0.3, 0.4) is 0 Å². The molecule has 1 aliphatic carbocycles. The van der Waals surface area contributed by atoms with E-state index in [0.29, 0.717) is 58.3 Å². The van der Waals surface area contributed by atoms with Crippen molar-refractivity contribution in [2.24, 2.45) is 23.7 Å². The van der Waals surface area contributed by atoms with E-state index in [1.54, 1.807) is 4.90 Å². The third-order valence-corrected chi connectivity index (χ3v) is 11.9. The molecule has 3 N–H and O–H groups in total. The SMILES string of the molecule is C=CC(=O)N1CCN(C2NC(=O)N3C4NC(C(F)CC42)C2C(F)CCCC2OCCC(OC(C)=O)C2CCNC(C(C)C)C23)[C@@H](C)C1. The summed E-state index contributed by atoms with van der Waals surface area (Å²) >= 11 is 0. The molecule has 0 aromatic carbocycles. The molecule has 0 radical (unpaired) electrons. The first kappa shape index (κ1) is 34.5. The average Bonchev–Trinajstić information content (AvgIpc) is 3.03. The molecule has 13 heteroatoms. The molecule has 6 aliphatic rings. The Morgan fingerprint density at radius 3 is 2.57 bits per heavy atom. The van der Waals surface area contributed by atoms with Gasteiger partial charge in [-0.3, -0.25) is 19.8 Å². The quantitative estimate of drug-likeness (QED) is 0.311. The predicted octanol–water partition coefficient (Wildman–Crippen LogP) is 2.56. The first-order chi connectivity index (χ1) is 22.5. The van der Waals surface area contributed by atoms with Crippen molar-refractivity contribution in [2.75, 3.05) is 32.8 Å². The van der Waals surface area contributed by atoms with Crippen LogP contribution in [0.4, 0.5) is 13.6 Å². The molecule has 11 nitrogen and oxygen atoms in total. The van der Waals surface area contributed by atoms with Gasteiger partial charge in [-0.25, -0.2) is 13.6 Å². The smallest absolute Gasteiger partial charge is 0.320 e. The van der Waals surface area contributed by atoms with Gasteiger partial charge in [-0.2, -0.15) is 0 Å². The number of carbonyl (C=O) groups excluding carboxylic acids is 3. The Morgan fingerprint density at radius 2 is 1.87 bits per heavy atom. The van der Waals surface area contributed by atoms with Crippen LogP contribution in [0.25, 0.3) is 0 Å². The second kappa shape index (κ2) is 14.2. The lowest BCUT2D eigenvalue weighted by atomic mass is 9.72. The average molecular weight is 665 g/mol. The maximum atomic E-state index is 16.6. The van der Waals surface area contributed by atoms with Crippen LogP contribution < -0.4 is 16.0 Å². The van der Waals surface area contributed by atoms with E-state index < -0.39 is 48.8 Å². The number of ether oxygens (including phenoxy) is 2. The highest BCUT2D eigenvalue weighted by molar-refractivity contribution is 5.87. The van der Waals surface area contributed by atoms with Gasteiger partial charge in [0.15, 0.2) is 0 Å². The fourth-order valence-electron chi connectivity index (χ4n) is 9.78. The maximum Gasteiger partial charge on any atom is 0.320 e. The van der Waals surface area contributed by atoms with E-state index in [1.807, 2.05) is 11.8 Å². The molecular weight excluding hydrogens is 610 g/mol. The zero-order chi connectivity index (χ0) is 33.6. The Kier molecular flexibility index (Phi) is 10.5. The second-order valence-electron chi connectivity index (χ2n) is 15.0. The lowest BCUT2D eigenvalue weighted by molar-refractivity contribution is -0.160. The molecule has 1 saturated carbocycles. The molecule has 6 fully saturated rings. The summed E-state index contributed by atoms with van der Waals surface area (Å²) in [6, 6.07) is -1.69. The number of rotatable bonds is 4. The number of carbonyl (C=O) groups is 3. The van der Waals surface area contributed by atoms with Crippen LogP contribution >= 0.6 is 0 Å². The summed E-state index contributed by atoms with van der Waals surface area (Å²) in [6.45, 7) is 13.7. The number of piperazine rings is 1. The molecule has 5 aliphatic heterocycles. The Bertz CT molecular complexity index is 1180. The number of esters is 1. The fourth-order valence-corrected chi connectivity index (χ4v) is 9.78. The van der Waals surface area contributed by atoms with E-state index in [-0.39, 0.29) is 66.8 Å². The first-order valence-electron chi connectivity index (χ1n) is 17.8. The van der Waals surface area contributed by atoms with E-state index >= 15 is 8.78 Å². The highest BCUT2D eigenvalue weighted by atomic mass is 19.1. The Labute approximate surface area is 277 Å². The molecule has 12 unspecified atom stereocenters. The normalized spacial score (nSPS) is 43.0. The van der Waals surface area contributed by atoms with Crippen molar-refractivity contribution in [2.45, 2.75) is 127 Å². The summed E-state index contributed by atoms with van der Waals surface area (Å²) in [4.78, 5) is 45.3. The summed E-state index contributed by atoms with van der Waals surface area (Å²) in [5, 5.41) is 10.5. The molecule has 0 spiro atoms. The van der Waals surface area contributed by atoms with E-state index in [4.69, 9.17) is 9.47 Å². The molecule has 6 rings (SSSR count). The van der Waals surface area contributed by atoms with Crippen LogP contribution in [-0.4, -0.2) is 126 Å². The number of fused-ring (bicyclic) bond motifs is 5. The van der Waals surface area contributed by atoms with Gasteiger partial charge < -0.3 is 29.9 Å². The topological polar surface area (TPSA) is 115 Å². The number of hydrogen-bond acceptors (Lipinski definition) is 8. The molecule has 264 valence electrons. The molecule has 5 heterocycles. The molecular formula is C34H54F2N6O5. The molecule has 0 aromatic rings. The summed E-state index contributed by atoms with van der Waals surface area (Å²) in [5.41, 5.74) is 0. The highest BCUT2D eigenvalue weighted by Crippen LogP contribution is 2.44. The molecule has 5 saturated heterocycles. The molecule has 0 aromatic heterocycles. The van der Waals surface area contributed by atoms with Gasteiger partial charge in [0, 0.05) is 68.9 Å². The minimum atomic E-state index is -1.35. The van der Waals surface area contributed by atoms with Crippen molar-refractivity contribution in [1.82, 2.24) is 30.7 Å². The number of nitrogens with one attached hydrogen (secondary N) is 3. The number of piperidine rings is 2. The summed E-state index contributed by atoms with van der Waals surface area (Å²) in [5.74, 6) is -1.65. The molecule has 2 bridgehead atoms. The maximum absolute atomic E-state index is 16.6. The summed E-state index contributed by atoms with van der Waals surface area (Å²) in [7, 11) is 0. The minimum Gasteiger partial charge on any atom is -0.462 e. The molecule has 3 amide bonds. The van der Waals surface area contributed by atoms with Crippen molar-refractivity contribution < 1.29 is 32.6 Å². The van der Waals surface area contributed by atoms with E-state index in [0.717, 1.165) is 0 Å². The third-order valence-electron chi connectivity index (χ3n) is 11.9. The van der Waals surface area contributed by atoms with Gasteiger partial charge in [0.2, 0.25) is 5.91 Å². The van der Waals surface area contributed by atoms with Crippen LogP contribution in [0.15, 0.2) is 12.7 Å². The monoisotopic (exact) mass is 664 g/mol. The van der Waals surface area contributed by atoms with Crippen molar-refractivity contribution in [3.63, 3.8) is 0 Å². The summed E-state index contributed by atoms with van der Waals surface area (Å²) in [6.07, 6.45) is -0.455. The van der Waals surface area contributed by atoms with E-state index in [2.05, 4.69) is 41.3 Å². The van der Waals surface area contributed by atoms with Crippen molar-refractivity contribution in [3.8, 4) is 0 Å². The van der Waals surface area contributed by atoms with Crippen LogP contribution in [0.2, 0.25) is 0 Å². The van der Waals surface area contributed by atoms with E-state index in [1.165, 1.54) is 13.0 Å². The van der Waals surface area contributed by atoms with Gasteiger partial charge in [0.25, 0.3) is 0 Å². The Balaban J connectivity index is 1.42. The van der Waals surface area contributed by atoms with Crippen molar-refractivity contribution in [3.05, 3.63) is 12.7 Å². The predicted molar refractivity (Wildman–Crippen MR) is 171 cm³/mol. The minimum absolute atomic E-state index is 0.0984. The number of amides is 3. The largest absolute Gasteiger partial charge is 0.462 e. The van der Waals surface area contributed by atoms with Crippen molar-refractivity contribution >= 4 is 17.9 Å². The standard InChI is InChI=1S/C34H54F2N6O5/c1-6-27(44)40-13-14-41(19(4)17-40)32-22-16-24(36)30-28-23(35)8-7-9-26(28)46-15-11-25(47-20(5)43)21-10-12-37-29(18(2)3)31(21)42(33(22)38-30)34(45)39-32/h6,18-19,21-26,28-33,37-38H,1,7-17H2,2-5H3,(H,39,45)/t19-,21?,22?,23?,24?,25?,26?,28?,29?,30?,31?,32?,33?/m0/s1. The van der Waals surface area contributed by atoms with Gasteiger partial charge in [0.05, 0.1) is 31.1 Å². The third kappa shape index (κ3) is 6.66. The summed E-state index contributed by atoms with van der Waals surface area (Å²) < 4.78 is 44.9. The second-order valence-corrected chi connectivity index (χ2v) is 15.0. The van der Waals surface area contributed by atoms with Gasteiger partial charge >= 0.3 is 12.0 Å². The molecule has 47 heavy (non-hydrogen) atoms.